The summed E-state index contributed by atoms with van der Waals surface area (Å²) in [5.41, 5.74) is 0. The third-order valence-electron chi connectivity index (χ3n) is 1.41. The molecular formula is C7H16SiTi+2. The van der Waals surface area contributed by atoms with Crippen LogP contribution in [0.3, 0.4) is 0 Å². The molecule has 50 valence electrons. The van der Waals surface area contributed by atoms with Gasteiger partial charge >= 0.3 is 70.6 Å². The monoisotopic (exact) mass is 176 g/mol. The summed E-state index contributed by atoms with van der Waals surface area (Å²) >= 11 is 2.40. The second-order valence-corrected chi connectivity index (χ2v) is 8.65. The molecule has 0 unspecified atom stereocenters. The van der Waals surface area contributed by atoms with Crippen molar-refractivity contribution in [3.8, 4) is 0 Å². The Bertz CT molecular complexity index is 81.0. The Hall–Kier alpha value is 0.931. The maximum absolute atomic E-state index is 2.40. The standard InChI is InChI=1S/C7H16Si.Ti/c1-3-4-5-6-7-8-2;/h3-7H2,1-2H3;/q;+2. The molecule has 0 aromatic rings. The molecule has 0 fully saturated rings. The molecule has 0 N–H and O–H groups in total. The van der Waals surface area contributed by atoms with Gasteiger partial charge in [-0.1, -0.05) is 0 Å². The number of rotatable bonds is 5. The van der Waals surface area contributed by atoms with Crippen LogP contribution < -0.4 is 0 Å². The Morgan fingerprint density at radius 3 is 2.33 bits per heavy atom. The first-order valence-electron chi connectivity index (χ1n) is 3.81. The number of hydrogen-bond acceptors (Lipinski definition) is 0. The minimum atomic E-state index is 0.0849. The van der Waals surface area contributed by atoms with Crippen LogP contribution in [0.4, 0.5) is 0 Å². The zero-order valence-electron chi connectivity index (χ0n) is 6.54. The van der Waals surface area contributed by atoms with Crippen molar-refractivity contribution in [1.29, 1.82) is 0 Å². The van der Waals surface area contributed by atoms with Crippen LogP contribution in [-0.2, 0) is 19.2 Å². The molecule has 0 rings (SSSR count). The van der Waals surface area contributed by atoms with Crippen molar-refractivity contribution in [3.05, 3.63) is 0 Å². The SMILES string of the molecule is CCCCCC[Si](C)=[Ti+2]. The summed E-state index contributed by atoms with van der Waals surface area (Å²) < 4.78 is 0. The van der Waals surface area contributed by atoms with E-state index in [1.807, 2.05) is 0 Å². The van der Waals surface area contributed by atoms with E-state index in [1.54, 1.807) is 0 Å². The van der Waals surface area contributed by atoms with E-state index in [1.165, 1.54) is 31.7 Å². The van der Waals surface area contributed by atoms with E-state index in [9.17, 15) is 0 Å². The van der Waals surface area contributed by atoms with E-state index in [2.05, 4.69) is 32.6 Å². The molecule has 0 aromatic carbocycles. The summed E-state index contributed by atoms with van der Waals surface area (Å²) in [5, 5.41) is 0. The van der Waals surface area contributed by atoms with Gasteiger partial charge in [0.05, 0.1) is 0 Å². The molecule has 2 heteroatoms. The predicted octanol–water partition coefficient (Wildman–Crippen LogP) is 2.73. The van der Waals surface area contributed by atoms with Gasteiger partial charge in [-0.05, 0) is 0 Å². The van der Waals surface area contributed by atoms with Gasteiger partial charge in [0.2, 0.25) is 0 Å². The van der Waals surface area contributed by atoms with Gasteiger partial charge in [-0.15, -0.1) is 0 Å². The molecule has 0 atom stereocenters. The van der Waals surface area contributed by atoms with Crippen LogP contribution in [-0.4, -0.2) is 6.19 Å². The van der Waals surface area contributed by atoms with Crippen LogP contribution in [0, 0.1) is 0 Å². The van der Waals surface area contributed by atoms with Crippen LogP contribution in [0.25, 0.3) is 0 Å². The van der Waals surface area contributed by atoms with E-state index in [0.717, 1.165) is 0 Å². The molecule has 0 aliphatic heterocycles. The van der Waals surface area contributed by atoms with Gasteiger partial charge in [0, 0.05) is 0 Å². The van der Waals surface area contributed by atoms with Gasteiger partial charge in [-0.25, -0.2) is 0 Å². The first-order chi connectivity index (χ1) is 4.27. The van der Waals surface area contributed by atoms with Crippen LogP contribution in [0.2, 0.25) is 12.6 Å². The number of hydrogen-bond donors (Lipinski definition) is 0. The Kier molecular flexibility index (Phi) is 7.77. The van der Waals surface area contributed by atoms with Crippen molar-refractivity contribution in [2.75, 3.05) is 0 Å². The molecule has 0 radical (unpaired) electrons. The zero-order valence-corrected chi connectivity index (χ0v) is 9.10. The summed E-state index contributed by atoms with van der Waals surface area (Å²) in [6.07, 6.45) is 5.84. The molecule has 0 spiro atoms. The van der Waals surface area contributed by atoms with E-state index in [0.29, 0.717) is 0 Å². The number of unbranched alkanes of at least 4 members (excludes halogenated alkanes) is 3. The van der Waals surface area contributed by atoms with E-state index in [-0.39, 0.29) is 6.19 Å². The maximum atomic E-state index is 2.40. The average molecular weight is 176 g/mol. The van der Waals surface area contributed by atoms with Crippen molar-refractivity contribution in [2.24, 2.45) is 0 Å². The second-order valence-electron chi connectivity index (χ2n) is 2.59. The Morgan fingerprint density at radius 1 is 1.22 bits per heavy atom. The van der Waals surface area contributed by atoms with Gasteiger partial charge < -0.3 is 0 Å². The van der Waals surface area contributed by atoms with Gasteiger partial charge in [0.15, 0.2) is 0 Å². The van der Waals surface area contributed by atoms with Gasteiger partial charge in [-0.2, -0.15) is 0 Å². The fourth-order valence-electron chi connectivity index (χ4n) is 0.817. The van der Waals surface area contributed by atoms with Crippen LogP contribution in [0.15, 0.2) is 0 Å². The van der Waals surface area contributed by atoms with Gasteiger partial charge in [-0.3, -0.25) is 0 Å². The third kappa shape index (κ3) is 8.93. The summed E-state index contributed by atoms with van der Waals surface area (Å²) in [4.78, 5) is 0. The van der Waals surface area contributed by atoms with Crippen molar-refractivity contribution in [2.45, 2.75) is 45.2 Å². The van der Waals surface area contributed by atoms with E-state index in [4.69, 9.17) is 0 Å². The summed E-state index contributed by atoms with van der Waals surface area (Å²) in [7, 11) is 0. The second kappa shape index (κ2) is 7.04. The molecule has 0 saturated carbocycles. The topological polar surface area (TPSA) is 0 Å². The molecule has 0 heterocycles. The Morgan fingerprint density at radius 2 is 1.89 bits per heavy atom. The predicted molar refractivity (Wildman–Crippen MR) is 40.6 cm³/mol. The molecule has 0 amide bonds. The van der Waals surface area contributed by atoms with Crippen molar-refractivity contribution in [1.82, 2.24) is 0 Å². The molecule has 0 aliphatic rings. The molecule has 0 saturated heterocycles. The van der Waals surface area contributed by atoms with Crippen molar-refractivity contribution < 1.29 is 19.2 Å². The molecular weight excluding hydrogens is 160 g/mol. The van der Waals surface area contributed by atoms with Gasteiger partial charge in [0.25, 0.3) is 0 Å². The first kappa shape index (κ1) is 9.93. The summed E-state index contributed by atoms with van der Waals surface area (Å²) in [5.74, 6) is 0. The molecule has 0 aliphatic carbocycles. The van der Waals surface area contributed by atoms with Crippen LogP contribution >= 0.6 is 0 Å². The summed E-state index contributed by atoms with van der Waals surface area (Å²) in [6, 6.07) is 1.52. The van der Waals surface area contributed by atoms with Crippen LogP contribution in [0.5, 0.6) is 0 Å². The molecule has 0 nitrogen and oxygen atoms in total. The van der Waals surface area contributed by atoms with E-state index >= 15 is 0 Å². The summed E-state index contributed by atoms with van der Waals surface area (Å²) in [6.45, 7) is 4.67. The minimum absolute atomic E-state index is 0.0849. The first-order valence-corrected chi connectivity index (χ1v) is 8.36. The molecule has 0 bridgehead atoms. The molecule has 9 heavy (non-hydrogen) atoms. The Labute approximate surface area is 70.6 Å². The molecule has 0 aromatic heterocycles. The van der Waals surface area contributed by atoms with Gasteiger partial charge in [0.1, 0.15) is 0 Å². The third-order valence-corrected chi connectivity index (χ3v) is 3.68. The van der Waals surface area contributed by atoms with E-state index < -0.39 is 0 Å². The fraction of sp³-hybridized carbons (Fsp3) is 1.00. The Balaban J connectivity index is 2.83. The van der Waals surface area contributed by atoms with Crippen molar-refractivity contribution in [3.63, 3.8) is 0 Å². The fourth-order valence-corrected chi connectivity index (χ4v) is 2.43. The normalized spacial score (nSPS) is 9.78. The van der Waals surface area contributed by atoms with Crippen LogP contribution in [0.1, 0.15) is 32.6 Å². The van der Waals surface area contributed by atoms with Crippen molar-refractivity contribution >= 4 is 6.19 Å². The average Bonchev–Trinajstić information content (AvgIpc) is 1.80. The zero-order chi connectivity index (χ0) is 7.11. The quantitative estimate of drug-likeness (QED) is 0.446.